The molecule has 3 aromatic carbocycles. The summed E-state index contributed by atoms with van der Waals surface area (Å²) in [4.78, 5) is 40.0. The first-order chi connectivity index (χ1) is 14.5. The number of carbonyl (C=O) groups excluding carboxylic acids is 3. The van der Waals surface area contributed by atoms with Crippen LogP contribution in [0.15, 0.2) is 78.9 Å². The second-order valence-corrected chi connectivity index (χ2v) is 7.14. The van der Waals surface area contributed by atoms with Gasteiger partial charge in [0.1, 0.15) is 6.04 Å². The molecule has 150 valence electrons. The number of benzene rings is 3. The van der Waals surface area contributed by atoms with Crippen LogP contribution in [0.2, 0.25) is 5.02 Å². The monoisotopic (exact) mass is 420 g/mol. The molecule has 1 atom stereocenters. The summed E-state index contributed by atoms with van der Waals surface area (Å²) >= 11 is 5.93. The highest BCUT2D eigenvalue weighted by molar-refractivity contribution is 6.30. The Morgan fingerprint density at radius 2 is 1.60 bits per heavy atom. The van der Waals surface area contributed by atoms with Crippen LogP contribution in [-0.4, -0.2) is 23.8 Å². The maximum atomic E-state index is 13.3. The van der Waals surface area contributed by atoms with Crippen LogP contribution in [0.3, 0.4) is 0 Å². The molecule has 1 N–H and O–H groups in total. The summed E-state index contributed by atoms with van der Waals surface area (Å²) in [5, 5.41) is 3.23. The smallest absolute Gasteiger partial charge is 0.335 e. The first-order valence-electron chi connectivity index (χ1n) is 9.27. The normalized spacial score (nSPS) is 15.2. The van der Waals surface area contributed by atoms with Crippen molar-refractivity contribution in [2.75, 3.05) is 10.2 Å². The zero-order valence-electron chi connectivity index (χ0n) is 15.7. The van der Waals surface area contributed by atoms with E-state index in [1.807, 2.05) is 6.07 Å². The van der Waals surface area contributed by atoms with Gasteiger partial charge in [0.05, 0.1) is 12.1 Å². The molecule has 0 saturated carbocycles. The summed E-state index contributed by atoms with van der Waals surface area (Å²) in [6, 6.07) is 20.9. The SMILES string of the molecule is O=C(C[C@H]1C(=O)Oc2ccccc2N1C(=O)c1ccc(Cl)cc1)Nc1ccccc1. The van der Waals surface area contributed by atoms with Gasteiger partial charge in [-0.3, -0.25) is 14.5 Å². The molecule has 0 aliphatic carbocycles. The lowest BCUT2D eigenvalue weighted by Gasteiger charge is -2.35. The maximum absolute atomic E-state index is 13.3. The summed E-state index contributed by atoms with van der Waals surface area (Å²) in [6.07, 6.45) is -0.249. The van der Waals surface area contributed by atoms with E-state index in [0.29, 0.717) is 22.0 Å². The van der Waals surface area contributed by atoms with Crippen LogP contribution in [0.25, 0.3) is 0 Å². The lowest BCUT2D eigenvalue weighted by molar-refractivity contribution is -0.138. The second kappa shape index (κ2) is 8.39. The summed E-state index contributed by atoms with van der Waals surface area (Å²) < 4.78 is 5.40. The molecule has 1 aliphatic heterocycles. The number of rotatable bonds is 4. The molecule has 3 aromatic rings. The summed E-state index contributed by atoms with van der Waals surface area (Å²) in [5.74, 6) is -1.23. The van der Waals surface area contributed by atoms with Gasteiger partial charge in [-0.15, -0.1) is 0 Å². The fourth-order valence-electron chi connectivity index (χ4n) is 3.26. The van der Waals surface area contributed by atoms with E-state index >= 15 is 0 Å². The third kappa shape index (κ3) is 4.04. The molecule has 30 heavy (non-hydrogen) atoms. The zero-order chi connectivity index (χ0) is 21.1. The van der Waals surface area contributed by atoms with Gasteiger partial charge in [0.2, 0.25) is 5.91 Å². The van der Waals surface area contributed by atoms with E-state index in [1.54, 1.807) is 72.8 Å². The summed E-state index contributed by atoms with van der Waals surface area (Å²) in [6.45, 7) is 0. The van der Waals surface area contributed by atoms with E-state index in [2.05, 4.69) is 5.32 Å². The number of esters is 1. The summed E-state index contributed by atoms with van der Waals surface area (Å²) in [7, 11) is 0. The number of fused-ring (bicyclic) bond motifs is 1. The Labute approximate surface area is 178 Å². The fourth-order valence-corrected chi connectivity index (χ4v) is 3.38. The van der Waals surface area contributed by atoms with Gasteiger partial charge in [-0.2, -0.15) is 0 Å². The molecule has 0 saturated heterocycles. The van der Waals surface area contributed by atoms with Gasteiger partial charge in [0.25, 0.3) is 5.91 Å². The Kier molecular flexibility index (Phi) is 5.50. The minimum atomic E-state index is -1.10. The van der Waals surface area contributed by atoms with Crippen molar-refractivity contribution in [2.24, 2.45) is 0 Å². The van der Waals surface area contributed by atoms with Crippen LogP contribution in [0.1, 0.15) is 16.8 Å². The molecule has 1 heterocycles. The molecular weight excluding hydrogens is 404 g/mol. The van der Waals surface area contributed by atoms with E-state index in [1.165, 1.54) is 4.90 Å². The number of hydrogen-bond donors (Lipinski definition) is 1. The van der Waals surface area contributed by atoms with Crippen molar-refractivity contribution < 1.29 is 19.1 Å². The average Bonchev–Trinajstić information content (AvgIpc) is 2.75. The van der Waals surface area contributed by atoms with Gasteiger partial charge in [-0.1, -0.05) is 41.9 Å². The Balaban J connectivity index is 1.66. The van der Waals surface area contributed by atoms with Crippen molar-refractivity contribution in [1.29, 1.82) is 0 Å². The molecule has 0 fully saturated rings. The molecule has 6 nitrogen and oxygen atoms in total. The lowest BCUT2D eigenvalue weighted by atomic mass is 10.0. The van der Waals surface area contributed by atoms with Gasteiger partial charge >= 0.3 is 5.97 Å². The van der Waals surface area contributed by atoms with Gasteiger partial charge in [-0.25, -0.2) is 4.79 Å². The van der Waals surface area contributed by atoms with E-state index < -0.39 is 23.8 Å². The Morgan fingerprint density at radius 3 is 2.33 bits per heavy atom. The standard InChI is InChI=1S/C23H17ClN2O4/c24-16-12-10-15(11-13-16)22(28)26-18-8-4-5-9-20(18)30-23(29)19(26)14-21(27)25-17-6-2-1-3-7-17/h1-13,19H,14H2,(H,25,27)/t19-/m0/s1. The van der Waals surface area contributed by atoms with E-state index in [4.69, 9.17) is 16.3 Å². The van der Waals surface area contributed by atoms with Gasteiger partial charge in [-0.05, 0) is 48.5 Å². The van der Waals surface area contributed by atoms with Crippen molar-refractivity contribution in [2.45, 2.75) is 12.5 Å². The van der Waals surface area contributed by atoms with Crippen molar-refractivity contribution in [1.82, 2.24) is 0 Å². The highest BCUT2D eigenvalue weighted by atomic mass is 35.5. The number of carbonyl (C=O) groups is 3. The summed E-state index contributed by atoms with van der Waals surface area (Å²) in [5.41, 5.74) is 1.37. The quantitative estimate of drug-likeness (QED) is 0.504. The number of nitrogens with one attached hydrogen (secondary N) is 1. The number of nitrogens with zero attached hydrogens (tertiary/aromatic N) is 1. The Hall–Kier alpha value is -3.64. The van der Waals surface area contributed by atoms with E-state index in [0.717, 1.165) is 0 Å². The number of para-hydroxylation sites is 3. The number of hydrogen-bond acceptors (Lipinski definition) is 4. The van der Waals surface area contributed by atoms with Gasteiger partial charge < -0.3 is 10.1 Å². The molecule has 7 heteroatoms. The van der Waals surface area contributed by atoms with Crippen LogP contribution in [0, 0.1) is 0 Å². The number of ether oxygens (including phenoxy) is 1. The molecule has 0 radical (unpaired) electrons. The van der Waals surface area contributed by atoms with Gasteiger partial charge in [0.15, 0.2) is 5.75 Å². The first kappa shape index (κ1) is 19.7. The fraction of sp³-hybridized carbons (Fsp3) is 0.0870. The molecule has 1 aliphatic rings. The third-order valence-electron chi connectivity index (χ3n) is 4.67. The molecule has 2 amide bonds. The molecule has 0 bridgehead atoms. The zero-order valence-corrected chi connectivity index (χ0v) is 16.5. The highest BCUT2D eigenvalue weighted by Crippen LogP contribution is 2.36. The van der Waals surface area contributed by atoms with Crippen molar-refractivity contribution in [3.05, 3.63) is 89.4 Å². The Morgan fingerprint density at radius 1 is 0.933 bits per heavy atom. The van der Waals surface area contributed by atoms with Crippen molar-refractivity contribution in [3.8, 4) is 5.75 Å². The third-order valence-corrected chi connectivity index (χ3v) is 4.92. The van der Waals surface area contributed by atoms with Crippen LogP contribution >= 0.6 is 11.6 Å². The number of amides is 2. The van der Waals surface area contributed by atoms with Crippen molar-refractivity contribution in [3.63, 3.8) is 0 Å². The largest absolute Gasteiger partial charge is 0.423 e. The maximum Gasteiger partial charge on any atom is 0.335 e. The molecule has 4 rings (SSSR count). The topological polar surface area (TPSA) is 75.7 Å². The molecule has 0 aromatic heterocycles. The van der Waals surface area contributed by atoms with Crippen LogP contribution in [0.4, 0.5) is 11.4 Å². The van der Waals surface area contributed by atoms with Crippen LogP contribution < -0.4 is 15.0 Å². The van der Waals surface area contributed by atoms with E-state index in [9.17, 15) is 14.4 Å². The number of anilines is 2. The molecular formula is C23H17ClN2O4. The average molecular weight is 421 g/mol. The lowest BCUT2D eigenvalue weighted by Crippen LogP contribution is -2.51. The minimum Gasteiger partial charge on any atom is -0.423 e. The van der Waals surface area contributed by atoms with Crippen LogP contribution in [-0.2, 0) is 9.59 Å². The minimum absolute atomic E-state index is 0.249. The highest BCUT2D eigenvalue weighted by Gasteiger charge is 2.40. The Bertz CT molecular complexity index is 1100. The first-order valence-corrected chi connectivity index (χ1v) is 9.65. The molecule has 0 unspecified atom stereocenters. The molecule has 0 spiro atoms. The van der Waals surface area contributed by atoms with E-state index in [-0.39, 0.29) is 12.2 Å². The predicted molar refractivity (Wildman–Crippen MR) is 114 cm³/mol. The van der Waals surface area contributed by atoms with Gasteiger partial charge in [0, 0.05) is 16.3 Å². The second-order valence-electron chi connectivity index (χ2n) is 6.70. The van der Waals surface area contributed by atoms with Crippen LogP contribution in [0.5, 0.6) is 5.75 Å². The number of halogens is 1. The predicted octanol–water partition coefficient (Wildman–Crippen LogP) is 4.30. The van der Waals surface area contributed by atoms with Crippen molar-refractivity contribution >= 4 is 40.8 Å².